The van der Waals surface area contributed by atoms with Crippen molar-refractivity contribution in [2.75, 3.05) is 13.3 Å². The second-order valence-electron chi connectivity index (χ2n) is 4.19. The molecule has 2 unspecified atom stereocenters. The van der Waals surface area contributed by atoms with Gasteiger partial charge in [-0.15, -0.1) is 4.52 Å². The Hall–Kier alpha value is -0.0200. The molecule has 1 rings (SSSR count). The second kappa shape index (κ2) is 5.90. The summed E-state index contributed by atoms with van der Waals surface area (Å²) in [7, 11) is -1.57. The standard InChI is InChI=1S/C10H20O4P/c1-7(2)12-6-10-9(14-15(4)11)5-8(3)13-10/h7-10H,5-6H2,1-4H3/q+1/t8-,9?,10+/m0/s1. The van der Waals surface area contributed by atoms with Crippen LogP contribution in [0.2, 0.25) is 0 Å². The third kappa shape index (κ3) is 4.56. The van der Waals surface area contributed by atoms with Crippen molar-refractivity contribution in [1.82, 2.24) is 0 Å². The molecule has 5 heteroatoms. The Kier molecular flexibility index (Phi) is 5.13. The van der Waals surface area contributed by atoms with E-state index in [2.05, 4.69) is 0 Å². The molecule has 1 heterocycles. The molecule has 0 aliphatic carbocycles. The first-order valence-corrected chi connectivity index (χ1v) is 6.96. The summed E-state index contributed by atoms with van der Waals surface area (Å²) >= 11 is 0. The minimum Gasteiger partial charge on any atom is -0.376 e. The summed E-state index contributed by atoms with van der Waals surface area (Å²) in [6, 6.07) is 0. The zero-order valence-corrected chi connectivity index (χ0v) is 10.7. The predicted molar refractivity (Wildman–Crippen MR) is 58.4 cm³/mol. The quantitative estimate of drug-likeness (QED) is 0.686. The first kappa shape index (κ1) is 13.0. The largest absolute Gasteiger partial charge is 0.505 e. The smallest absolute Gasteiger partial charge is 0.376 e. The molecule has 1 saturated heterocycles. The highest BCUT2D eigenvalue weighted by molar-refractivity contribution is 7.38. The molecule has 4 atom stereocenters. The highest BCUT2D eigenvalue weighted by atomic mass is 31.1. The zero-order valence-electron chi connectivity index (χ0n) is 9.80. The highest BCUT2D eigenvalue weighted by Gasteiger charge is 2.38. The third-order valence-corrected chi connectivity index (χ3v) is 2.83. The number of hydrogen-bond donors (Lipinski definition) is 0. The van der Waals surface area contributed by atoms with Gasteiger partial charge in [0, 0.05) is 6.42 Å². The molecule has 0 radical (unpaired) electrons. The van der Waals surface area contributed by atoms with Crippen LogP contribution in [0.3, 0.4) is 0 Å². The normalized spacial score (nSPS) is 32.3. The predicted octanol–water partition coefficient (Wildman–Crippen LogP) is 2.35. The monoisotopic (exact) mass is 235 g/mol. The topological polar surface area (TPSA) is 44.8 Å². The Bertz CT molecular complexity index is 219. The number of rotatable bonds is 5. The molecule has 0 bridgehead atoms. The van der Waals surface area contributed by atoms with Gasteiger partial charge in [0.1, 0.15) is 12.2 Å². The molecule has 0 spiro atoms. The Morgan fingerprint density at radius 1 is 1.53 bits per heavy atom. The Morgan fingerprint density at radius 3 is 2.73 bits per heavy atom. The Labute approximate surface area is 92.1 Å². The maximum Gasteiger partial charge on any atom is 0.505 e. The van der Waals surface area contributed by atoms with E-state index < -0.39 is 8.03 Å². The van der Waals surface area contributed by atoms with Gasteiger partial charge in [-0.05, 0) is 25.3 Å². The van der Waals surface area contributed by atoms with E-state index in [9.17, 15) is 4.57 Å². The SMILES string of the molecule is CC(C)OC[C@H]1O[C@@H](C)CC1O[P+](C)=O. The zero-order chi connectivity index (χ0) is 11.4. The van der Waals surface area contributed by atoms with Gasteiger partial charge in [-0.25, -0.2) is 0 Å². The van der Waals surface area contributed by atoms with E-state index >= 15 is 0 Å². The molecule has 4 nitrogen and oxygen atoms in total. The van der Waals surface area contributed by atoms with Crippen LogP contribution in [-0.4, -0.2) is 37.7 Å². The average molecular weight is 235 g/mol. The van der Waals surface area contributed by atoms with Crippen molar-refractivity contribution < 1.29 is 18.6 Å². The fourth-order valence-electron chi connectivity index (χ4n) is 1.66. The van der Waals surface area contributed by atoms with Gasteiger partial charge in [-0.2, -0.15) is 0 Å². The van der Waals surface area contributed by atoms with Crippen molar-refractivity contribution in [3.05, 3.63) is 0 Å². The van der Waals surface area contributed by atoms with Gasteiger partial charge >= 0.3 is 8.03 Å². The molecule has 0 aromatic rings. The maximum atomic E-state index is 11.0. The summed E-state index contributed by atoms with van der Waals surface area (Å²) in [4.78, 5) is 0. The average Bonchev–Trinajstić information content (AvgIpc) is 2.41. The van der Waals surface area contributed by atoms with Gasteiger partial charge in [0.15, 0.2) is 6.66 Å². The van der Waals surface area contributed by atoms with Crippen molar-refractivity contribution >= 4 is 8.03 Å². The molecule has 88 valence electrons. The van der Waals surface area contributed by atoms with E-state index in [1.165, 1.54) is 0 Å². The molecule has 0 aromatic carbocycles. The van der Waals surface area contributed by atoms with E-state index in [1.54, 1.807) is 6.66 Å². The molecule has 15 heavy (non-hydrogen) atoms. The second-order valence-corrected chi connectivity index (χ2v) is 5.28. The van der Waals surface area contributed by atoms with E-state index in [4.69, 9.17) is 14.0 Å². The lowest BCUT2D eigenvalue weighted by Gasteiger charge is -2.16. The van der Waals surface area contributed by atoms with Gasteiger partial charge in [0.25, 0.3) is 0 Å². The van der Waals surface area contributed by atoms with Gasteiger partial charge in [0.2, 0.25) is 0 Å². The Morgan fingerprint density at radius 2 is 2.20 bits per heavy atom. The van der Waals surface area contributed by atoms with Crippen LogP contribution in [0.5, 0.6) is 0 Å². The van der Waals surface area contributed by atoms with Gasteiger partial charge in [-0.1, -0.05) is 0 Å². The first-order chi connectivity index (χ1) is 6.99. The fourth-order valence-corrected chi connectivity index (χ4v) is 2.26. The fraction of sp³-hybridized carbons (Fsp3) is 1.00. The summed E-state index contributed by atoms with van der Waals surface area (Å²) in [5.74, 6) is 0. The van der Waals surface area contributed by atoms with Crippen LogP contribution in [0, 0.1) is 0 Å². The molecular formula is C10H20O4P+. The van der Waals surface area contributed by atoms with E-state index in [1.807, 2.05) is 20.8 Å². The van der Waals surface area contributed by atoms with Crippen LogP contribution >= 0.6 is 8.03 Å². The van der Waals surface area contributed by atoms with Crippen molar-refractivity contribution in [1.29, 1.82) is 0 Å². The van der Waals surface area contributed by atoms with Crippen molar-refractivity contribution in [3.63, 3.8) is 0 Å². The van der Waals surface area contributed by atoms with Crippen molar-refractivity contribution in [3.8, 4) is 0 Å². The van der Waals surface area contributed by atoms with Crippen molar-refractivity contribution in [2.24, 2.45) is 0 Å². The first-order valence-electron chi connectivity index (χ1n) is 5.33. The summed E-state index contributed by atoms with van der Waals surface area (Å²) in [6.07, 6.45) is 0.959. The molecule has 0 N–H and O–H groups in total. The molecule has 0 amide bonds. The number of hydrogen-bond acceptors (Lipinski definition) is 4. The lowest BCUT2D eigenvalue weighted by molar-refractivity contribution is -0.0495. The maximum absolute atomic E-state index is 11.0. The van der Waals surface area contributed by atoms with Crippen LogP contribution < -0.4 is 0 Å². The van der Waals surface area contributed by atoms with E-state index in [0.29, 0.717) is 6.61 Å². The molecule has 1 aliphatic heterocycles. The minimum atomic E-state index is -1.57. The van der Waals surface area contributed by atoms with Crippen molar-refractivity contribution in [2.45, 2.75) is 51.6 Å². The Balaban J connectivity index is 2.41. The lowest BCUT2D eigenvalue weighted by Crippen LogP contribution is -2.29. The van der Waals surface area contributed by atoms with Gasteiger partial charge in [0.05, 0.1) is 18.8 Å². The summed E-state index contributed by atoms with van der Waals surface area (Å²) in [5, 5.41) is 0. The molecule has 1 aliphatic rings. The third-order valence-electron chi connectivity index (χ3n) is 2.26. The highest BCUT2D eigenvalue weighted by Crippen LogP contribution is 2.30. The van der Waals surface area contributed by atoms with Crippen LogP contribution in [0.4, 0.5) is 0 Å². The van der Waals surface area contributed by atoms with Crippen LogP contribution in [-0.2, 0) is 18.6 Å². The van der Waals surface area contributed by atoms with E-state index in [-0.39, 0.29) is 24.4 Å². The van der Waals surface area contributed by atoms with E-state index in [0.717, 1.165) is 6.42 Å². The van der Waals surface area contributed by atoms with Crippen LogP contribution in [0.25, 0.3) is 0 Å². The number of ether oxygens (including phenoxy) is 2. The van der Waals surface area contributed by atoms with Gasteiger partial charge in [-0.3, -0.25) is 0 Å². The van der Waals surface area contributed by atoms with Crippen LogP contribution in [0.1, 0.15) is 27.2 Å². The summed E-state index contributed by atoms with van der Waals surface area (Å²) in [5.41, 5.74) is 0. The minimum absolute atomic E-state index is 0.0821. The summed E-state index contributed by atoms with van der Waals surface area (Å²) in [6.45, 7) is 8.03. The molecule has 1 fully saturated rings. The molecule has 0 saturated carbocycles. The molecule has 0 aromatic heterocycles. The lowest BCUT2D eigenvalue weighted by atomic mass is 10.1. The summed E-state index contributed by atoms with van der Waals surface area (Å²) < 4.78 is 27.5. The van der Waals surface area contributed by atoms with Crippen LogP contribution in [0.15, 0.2) is 0 Å². The molecular weight excluding hydrogens is 215 g/mol. The van der Waals surface area contributed by atoms with Gasteiger partial charge < -0.3 is 9.47 Å².